The van der Waals surface area contributed by atoms with Crippen LogP contribution in [0, 0.1) is 0 Å². The van der Waals surface area contributed by atoms with Crippen molar-refractivity contribution in [1.82, 2.24) is 10.3 Å². The topological polar surface area (TPSA) is 47.3 Å². The van der Waals surface area contributed by atoms with E-state index < -0.39 is 0 Å². The Kier molecular flexibility index (Phi) is 4.78. The minimum absolute atomic E-state index is 0.0954. The Balaban J connectivity index is 2.06. The Morgan fingerprint density at radius 2 is 2.15 bits per heavy atom. The molecule has 1 atom stereocenters. The SMILES string of the molecule is CCC(CC)(CNC(C)c1cc2cnccc2o1)OC. The van der Waals surface area contributed by atoms with E-state index in [-0.39, 0.29) is 11.6 Å². The molecule has 0 spiro atoms. The van der Waals surface area contributed by atoms with E-state index in [9.17, 15) is 0 Å². The number of aromatic nitrogens is 1. The lowest BCUT2D eigenvalue weighted by Crippen LogP contribution is -2.42. The Bertz CT molecular complexity index is 505. The van der Waals surface area contributed by atoms with Gasteiger partial charge in [0, 0.05) is 31.4 Å². The summed E-state index contributed by atoms with van der Waals surface area (Å²) in [6.45, 7) is 7.24. The van der Waals surface area contributed by atoms with E-state index in [0.717, 1.165) is 36.1 Å². The molecule has 0 saturated heterocycles. The lowest BCUT2D eigenvalue weighted by atomic mass is 9.96. The fraction of sp³-hybridized carbons (Fsp3) is 0.562. The summed E-state index contributed by atoms with van der Waals surface area (Å²) >= 11 is 0. The van der Waals surface area contributed by atoms with Crippen LogP contribution in [-0.2, 0) is 4.74 Å². The van der Waals surface area contributed by atoms with E-state index in [1.54, 1.807) is 13.3 Å². The van der Waals surface area contributed by atoms with E-state index in [1.807, 2.05) is 18.3 Å². The first-order chi connectivity index (χ1) is 9.64. The van der Waals surface area contributed by atoms with Crippen molar-refractivity contribution in [3.05, 3.63) is 30.3 Å². The second kappa shape index (κ2) is 6.37. The predicted octanol–water partition coefficient (Wildman–Crippen LogP) is 3.68. The molecule has 0 saturated carbocycles. The molecule has 0 fully saturated rings. The highest BCUT2D eigenvalue weighted by Crippen LogP contribution is 2.24. The average molecular weight is 276 g/mol. The van der Waals surface area contributed by atoms with Crippen LogP contribution in [0.15, 0.2) is 28.9 Å². The first-order valence-electron chi connectivity index (χ1n) is 7.26. The molecule has 2 heterocycles. The number of hydrogen-bond acceptors (Lipinski definition) is 4. The lowest BCUT2D eigenvalue weighted by molar-refractivity contribution is -0.0176. The van der Waals surface area contributed by atoms with Gasteiger partial charge in [0.15, 0.2) is 0 Å². The second-order valence-electron chi connectivity index (χ2n) is 5.26. The largest absolute Gasteiger partial charge is 0.459 e. The summed E-state index contributed by atoms with van der Waals surface area (Å²) in [5.74, 6) is 0.935. The van der Waals surface area contributed by atoms with Crippen LogP contribution in [-0.4, -0.2) is 24.2 Å². The maximum atomic E-state index is 5.85. The Morgan fingerprint density at radius 1 is 1.40 bits per heavy atom. The zero-order valence-corrected chi connectivity index (χ0v) is 12.8. The minimum Gasteiger partial charge on any atom is -0.459 e. The van der Waals surface area contributed by atoms with Crippen molar-refractivity contribution in [3.8, 4) is 0 Å². The predicted molar refractivity (Wildman–Crippen MR) is 80.7 cm³/mol. The number of hydrogen-bond donors (Lipinski definition) is 1. The van der Waals surface area contributed by atoms with Gasteiger partial charge in [-0.25, -0.2) is 0 Å². The van der Waals surface area contributed by atoms with Gasteiger partial charge < -0.3 is 14.5 Å². The van der Waals surface area contributed by atoms with Gasteiger partial charge in [0.1, 0.15) is 11.3 Å². The first kappa shape index (κ1) is 15.0. The number of furan rings is 1. The lowest BCUT2D eigenvalue weighted by Gasteiger charge is -2.31. The summed E-state index contributed by atoms with van der Waals surface area (Å²) in [4.78, 5) is 4.11. The molecular weight excluding hydrogens is 252 g/mol. The normalized spacial score (nSPS) is 13.8. The third kappa shape index (κ3) is 3.02. The third-order valence-corrected chi connectivity index (χ3v) is 4.21. The van der Waals surface area contributed by atoms with E-state index in [0.29, 0.717) is 0 Å². The van der Waals surface area contributed by atoms with Gasteiger partial charge in [0.2, 0.25) is 0 Å². The van der Waals surface area contributed by atoms with Crippen LogP contribution in [0.1, 0.15) is 45.4 Å². The van der Waals surface area contributed by atoms with Gasteiger partial charge in [-0.3, -0.25) is 4.98 Å². The highest BCUT2D eigenvalue weighted by molar-refractivity contribution is 5.76. The van der Waals surface area contributed by atoms with Crippen molar-refractivity contribution < 1.29 is 9.15 Å². The quantitative estimate of drug-likeness (QED) is 0.838. The average Bonchev–Trinajstić information content (AvgIpc) is 2.93. The molecule has 1 unspecified atom stereocenters. The molecule has 2 aromatic heterocycles. The van der Waals surface area contributed by atoms with Crippen molar-refractivity contribution in [1.29, 1.82) is 0 Å². The third-order valence-electron chi connectivity index (χ3n) is 4.21. The van der Waals surface area contributed by atoms with Crippen LogP contribution in [0.4, 0.5) is 0 Å². The molecule has 0 bridgehead atoms. The molecule has 0 aliphatic rings. The highest BCUT2D eigenvalue weighted by atomic mass is 16.5. The van der Waals surface area contributed by atoms with E-state index in [2.05, 4.69) is 31.1 Å². The molecule has 0 radical (unpaired) electrons. The zero-order valence-electron chi connectivity index (χ0n) is 12.8. The number of rotatable bonds is 7. The second-order valence-corrected chi connectivity index (χ2v) is 5.26. The van der Waals surface area contributed by atoms with Crippen molar-refractivity contribution in [2.45, 2.75) is 45.3 Å². The molecule has 4 nitrogen and oxygen atoms in total. The summed E-state index contributed by atoms with van der Waals surface area (Å²) in [6.07, 6.45) is 5.55. The number of ether oxygens (including phenoxy) is 1. The summed E-state index contributed by atoms with van der Waals surface area (Å²) < 4.78 is 11.5. The van der Waals surface area contributed by atoms with Crippen molar-refractivity contribution >= 4 is 11.0 Å². The first-order valence-corrected chi connectivity index (χ1v) is 7.26. The monoisotopic (exact) mass is 276 g/mol. The molecule has 4 heteroatoms. The van der Waals surface area contributed by atoms with E-state index in [1.165, 1.54) is 0 Å². The summed E-state index contributed by atoms with van der Waals surface area (Å²) in [5, 5.41) is 4.56. The number of fused-ring (bicyclic) bond motifs is 1. The summed E-state index contributed by atoms with van der Waals surface area (Å²) in [5.41, 5.74) is 0.787. The highest BCUT2D eigenvalue weighted by Gasteiger charge is 2.26. The smallest absolute Gasteiger partial charge is 0.137 e. The molecule has 1 N–H and O–H groups in total. The van der Waals surface area contributed by atoms with Gasteiger partial charge in [-0.15, -0.1) is 0 Å². The summed E-state index contributed by atoms with van der Waals surface area (Å²) in [6, 6.07) is 4.09. The fourth-order valence-electron chi connectivity index (χ4n) is 2.42. The Hall–Kier alpha value is -1.39. The molecule has 0 aliphatic heterocycles. The molecule has 2 aromatic rings. The van der Waals surface area contributed by atoms with Crippen LogP contribution < -0.4 is 5.32 Å². The van der Waals surface area contributed by atoms with Crippen LogP contribution in [0.5, 0.6) is 0 Å². The number of methoxy groups -OCH3 is 1. The van der Waals surface area contributed by atoms with Gasteiger partial charge in [-0.1, -0.05) is 13.8 Å². The van der Waals surface area contributed by atoms with Gasteiger partial charge in [-0.05, 0) is 31.9 Å². The standard InChI is InChI=1S/C16H24N2O2/c1-5-16(6-2,19-4)11-18-12(3)15-9-13-10-17-8-7-14(13)20-15/h7-10,12,18H,5-6,11H2,1-4H3. The van der Waals surface area contributed by atoms with Crippen molar-refractivity contribution in [3.63, 3.8) is 0 Å². The Morgan fingerprint density at radius 3 is 2.75 bits per heavy atom. The van der Waals surface area contributed by atoms with Crippen molar-refractivity contribution in [2.24, 2.45) is 0 Å². The zero-order chi connectivity index (χ0) is 14.6. The van der Waals surface area contributed by atoms with Gasteiger partial charge in [-0.2, -0.15) is 0 Å². The number of nitrogens with zero attached hydrogens (tertiary/aromatic N) is 1. The van der Waals surface area contributed by atoms with Gasteiger partial charge in [0.25, 0.3) is 0 Å². The maximum Gasteiger partial charge on any atom is 0.137 e. The van der Waals surface area contributed by atoms with Crippen LogP contribution in [0.2, 0.25) is 0 Å². The maximum absolute atomic E-state index is 5.85. The summed E-state index contributed by atoms with van der Waals surface area (Å²) in [7, 11) is 1.78. The molecule has 0 aromatic carbocycles. The fourth-order valence-corrected chi connectivity index (χ4v) is 2.42. The molecule has 2 rings (SSSR count). The van der Waals surface area contributed by atoms with Crippen LogP contribution >= 0.6 is 0 Å². The molecule has 0 amide bonds. The van der Waals surface area contributed by atoms with Gasteiger partial charge in [0.05, 0.1) is 11.6 Å². The van der Waals surface area contributed by atoms with E-state index >= 15 is 0 Å². The van der Waals surface area contributed by atoms with Gasteiger partial charge >= 0.3 is 0 Å². The van der Waals surface area contributed by atoms with Crippen LogP contribution in [0.25, 0.3) is 11.0 Å². The number of nitrogens with one attached hydrogen (secondary N) is 1. The van der Waals surface area contributed by atoms with Crippen LogP contribution in [0.3, 0.4) is 0 Å². The number of pyridine rings is 1. The molecular formula is C16H24N2O2. The molecule has 20 heavy (non-hydrogen) atoms. The van der Waals surface area contributed by atoms with Crippen molar-refractivity contribution in [2.75, 3.05) is 13.7 Å². The van der Waals surface area contributed by atoms with E-state index in [4.69, 9.17) is 9.15 Å². The molecule has 110 valence electrons. The molecule has 0 aliphatic carbocycles. The minimum atomic E-state index is -0.0954. The Labute approximate surface area is 120 Å².